The second kappa shape index (κ2) is 5.23. The van der Waals surface area contributed by atoms with Crippen LogP contribution in [0.2, 0.25) is 10.0 Å². The van der Waals surface area contributed by atoms with Gasteiger partial charge in [0.05, 0.1) is 5.52 Å². The zero-order chi connectivity index (χ0) is 14.1. The number of benzene rings is 2. The van der Waals surface area contributed by atoms with Crippen LogP contribution in [0.4, 0.5) is 0 Å². The molecule has 0 aliphatic carbocycles. The summed E-state index contributed by atoms with van der Waals surface area (Å²) in [7, 11) is 0. The van der Waals surface area contributed by atoms with Crippen molar-refractivity contribution in [3.63, 3.8) is 0 Å². The fraction of sp³-hybridized carbons (Fsp3) is 0.0714. The number of nitrogens with zero attached hydrogens (tertiary/aromatic N) is 3. The van der Waals surface area contributed by atoms with E-state index in [1.54, 1.807) is 22.9 Å². The van der Waals surface area contributed by atoms with Gasteiger partial charge in [0, 0.05) is 15.6 Å². The van der Waals surface area contributed by atoms with Crippen molar-refractivity contribution < 1.29 is 4.79 Å². The number of carbonyl (C=O) groups excluding carboxylic acids is 1. The summed E-state index contributed by atoms with van der Waals surface area (Å²) in [5, 5.41) is 9.04. The van der Waals surface area contributed by atoms with Crippen molar-refractivity contribution in [1.29, 1.82) is 0 Å². The van der Waals surface area contributed by atoms with Gasteiger partial charge >= 0.3 is 0 Å². The molecule has 0 aliphatic heterocycles. The second-order valence-electron chi connectivity index (χ2n) is 4.27. The molecular weight excluding hydrogens is 297 g/mol. The summed E-state index contributed by atoms with van der Waals surface area (Å²) in [6, 6.07) is 11.8. The first-order valence-corrected chi connectivity index (χ1v) is 6.66. The highest BCUT2D eigenvalue weighted by Crippen LogP contribution is 2.28. The molecule has 0 radical (unpaired) electrons. The van der Waals surface area contributed by atoms with Gasteiger partial charge in [0.25, 0.3) is 0 Å². The lowest BCUT2D eigenvalue weighted by atomic mass is 10.1. The molecule has 0 aliphatic rings. The molecule has 20 heavy (non-hydrogen) atoms. The van der Waals surface area contributed by atoms with Crippen molar-refractivity contribution in [2.75, 3.05) is 0 Å². The highest BCUT2D eigenvalue weighted by atomic mass is 35.5. The van der Waals surface area contributed by atoms with Crippen molar-refractivity contribution in [2.24, 2.45) is 0 Å². The minimum atomic E-state index is -0.632. The maximum Gasteiger partial charge on any atom is 0.149 e. The zero-order valence-electron chi connectivity index (χ0n) is 10.2. The minimum Gasteiger partial charge on any atom is -0.301 e. The van der Waals surface area contributed by atoms with Crippen molar-refractivity contribution >= 4 is 40.5 Å². The molecular formula is C14H9Cl2N3O. The molecule has 3 aromatic rings. The van der Waals surface area contributed by atoms with Crippen LogP contribution in [-0.4, -0.2) is 21.3 Å². The van der Waals surface area contributed by atoms with E-state index in [4.69, 9.17) is 23.2 Å². The summed E-state index contributed by atoms with van der Waals surface area (Å²) in [4.78, 5) is 11.5. The Morgan fingerprint density at radius 2 is 1.95 bits per heavy atom. The van der Waals surface area contributed by atoms with E-state index in [9.17, 15) is 4.79 Å². The Hall–Kier alpha value is -1.91. The fourth-order valence-electron chi connectivity index (χ4n) is 2.10. The van der Waals surface area contributed by atoms with Gasteiger partial charge in [-0.25, -0.2) is 4.68 Å². The number of hydrogen-bond acceptors (Lipinski definition) is 3. The first kappa shape index (κ1) is 13.1. The van der Waals surface area contributed by atoms with Crippen molar-refractivity contribution in [3.05, 3.63) is 58.1 Å². The van der Waals surface area contributed by atoms with Crippen molar-refractivity contribution in [1.82, 2.24) is 15.0 Å². The molecule has 0 amide bonds. The third-order valence-corrected chi connectivity index (χ3v) is 3.61. The molecule has 3 rings (SSSR count). The van der Waals surface area contributed by atoms with Crippen LogP contribution in [-0.2, 0) is 4.79 Å². The first-order chi connectivity index (χ1) is 9.70. The van der Waals surface area contributed by atoms with Crippen LogP contribution in [0.1, 0.15) is 11.6 Å². The Kier molecular flexibility index (Phi) is 3.42. The Labute approximate surface area is 124 Å². The lowest BCUT2D eigenvalue weighted by Crippen LogP contribution is -2.14. The molecule has 0 spiro atoms. The number of para-hydroxylation sites is 1. The highest BCUT2D eigenvalue weighted by Gasteiger charge is 2.19. The van der Waals surface area contributed by atoms with Crippen LogP contribution >= 0.6 is 23.2 Å². The number of hydrogen-bond donors (Lipinski definition) is 0. The van der Waals surface area contributed by atoms with Crippen LogP contribution in [0, 0.1) is 0 Å². The predicted molar refractivity (Wildman–Crippen MR) is 78.2 cm³/mol. The van der Waals surface area contributed by atoms with E-state index in [1.807, 2.05) is 24.3 Å². The number of carbonyl (C=O) groups is 1. The van der Waals surface area contributed by atoms with Gasteiger partial charge in [0.1, 0.15) is 17.8 Å². The molecule has 1 unspecified atom stereocenters. The van der Waals surface area contributed by atoms with E-state index in [-0.39, 0.29) is 0 Å². The molecule has 0 N–H and O–H groups in total. The molecule has 0 fully saturated rings. The van der Waals surface area contributed by atoms with E-state index in [0.29, 0.717) is 15.6 Å². The Bertz CT molecular complexity index is 785. The summed E-state index contributed by atoms with van der Waals surface area (Å²) >= 11 is 12.0. The van der Waals surface area contributed by atoms with Crippen LogP contribution < -0.4 is 0 Å². The molecule has 2 aromatic carbocycles. The SMILES string of the molecule is O=CC(c1ccc(Cl)cc1Cl)n1nnc2ccccc21. The highest BCUT2D eigenvalue weighted by molar-refractivity contribution is 6.35. The first-order valence-electron chi connectivity index (χ1n) is 5.91. The molecule has 0 saturated heterocycles. The third kappa shape index (κ3) is 2.17. The topological polar surface area (TPSA) is 47.8 Å². The molecule has 0 saturated carbocycles. The standard InChI is InChI=1S/C14H9Cl2N3O/c15-9-5-6-10(11(16)7-9)14(8-20)19-13-4-2-1-3-12(13)17-18-19/h1-8,14H. The monoisotopic (exact) mass is 305 g/mol. The average Bonchev–Trinajstić information content (AvgIpc) is 2.86. The van der Waals surface area contributed by atoms with Crippen molar-refractivity contribution in [3.8, 4) is 0 Å². The summed E-state index contributed by atoms with van der Waals surface area (Å²) in [5.74, 6) is 0. The van der Waals surface area contributed by atoms with E-state index in [1.165, 1.54) is 0 Å². The number of halogens is 2. The van der Waals surface area contributed by atoms with E-state index < -0.39 is 6.04 Å². The predicted octanol–water partition coefficient (Wildman–Crippen LogP) is 3.53. The third-order valence-electron chi connectivity index (χ3n) is 3.05. The lowest BCUT2D eigenvalue weighted by Gasteiger charge is -2.13. The summed E-state index contributed by atoms with van der Waals surface area (Å²) in [6.07, 6.45) is 0.788. The number of aromatic nitrogens is 3. The summed E-state index contributed by atoms with van der Waals surface area (Å²) < 4.78 is 1.55. The van der Waals surface area contributed by atoms with Gasteiger partial charge < -0.3 is 4.79 Å². The largest absolute Gasteiger partial charge is 0.301 e. The van der Waals surface area contributed by atoms with Crippen LogP contribution in [0.5, 0.6) is 0 Å². The Morgan fingerprint density at radius 1 is 1.15 bits per heavy atom. The van der Waals surface area contributed by atoms with Gasteiger partial charge in [0.2, 0.25) is 0 Å². The summed E-state index contributed by atoms with van der Waals surface area (Å²) in [5.41, 5.74) is 2.14. The Morgan fingerprint density at radius 3 is 2.70 bits per heavy atom. The fourth-order valence-corrected chi connectivity index (χ4v) is 2.62. The van der Waals surface area contributed by atoms with E-state index in [0.717, 1.165) is 17.3 Å². The Balaban J connectivity index is 2.16. The van der Waals surface area contributed by atoms with Gasteiger partial charge in [-0.05, 0) is 24.3 Å². The molecule has 6 heteroatoms. The molecule has 1 heterocycles. The van der Waals surface area contributed by atoms with Crippen LogP contribution in [0.15, 0.2) is 42.5 Å². The molecule has 4 nitrogen and oxygen atoms in total. The van der Waals surface area contributed by atoms with Gasteiger partial charge in [-0.15, -0.1) is 5.10 Å². The molecule has 1 atom stereocenters. The molecule has 1 aromatic heterocycles. The molecule has 100 valence electrons. The quantitative estimate of drug-likeness (QED) is 0.696. The normalized spacial score (nSPS) is 12.5. The van der Waals surface area contributed by atoms with Gasteiger partial charge in [-0.3, -0.25) is 0 Å². The number of aldehydes is 1. The zero-order valence-corrected chi connectivity index (χ0v) is 11.7. The van der Waals surface area contributed by atoms with Crippen molar-refractivity contribution in [2.45, 2.75) is 6.04 Å². The van der Waals surface area contributed by atoms with Gasteiger partial charge in [0.15, 0.2) is 0 Å². The van der Waals surface area contributed by atoms with Gasteiger partial charge in [-0.1, -0.05) is 46.6 Å². The second-order valence-corrected chi connectivity index (χ2v) is 5.11. The van der Waals surface area contributed by atoms with E-state index in [2.05, 4.69) is 10.3 Å². The maximum atomic E-state index is 11.5. The van der Waals surface area contributed by atoms with E-state index >= 15 is 0 Å². The average molecular weight is 306 g/mol. The number of fused-ring (bicyclic) bond motifs is 1. The maximum absolute atomic E-state index is 11.5. The number of rotatable bonds is 3. The summed E-state index contributed by atoms with van der Waals surface area (Å²) in [6.45, 7) is 0. The molecule has 0 bridgehead atoms. The van der Waals surface area contributed by atoms with Crippen LogP contribution in [0.25, 0.3) is 11.0 Å². The smallest absolute Gasteiger partial charge is 0.149 e. The minimum absolute atomic E-state index is 0.425. The van der Waals surface area contributed by atoms with Gasteiger partial charge in [-0.2, -0.15) is 0 Å². The van der Waals surface area contributed by atoms with Crippen LogP contribution in [0.3, 0.4) is 0 Å². The lowest BCUT2D eigenvalue weighted by molar-refractivity contribution is -0.109.